The van der Waals surface area contributed by atoms with E-state index in [9.17, 15) is 22.0 Å². The maximum Gasteiger partial charge on any atom is 0.410 e. The number of alkyl halides is 2. The molecule has 2 aromatic heterocycles. The van der Waals surface area contributed by atoms with Gasteiger partial charge in [0.1, 0.15) is 11.4 Å². The van der Waals surface area contributed by atoms with Gasteiger partial charge in [-0.05, 0) is 50.6 Å². The molecule has 0 atom stereocenters. The molecule has 33 heavy (non-hydrogen) atoms. The van der Waals surface area contributed by atoms with Crippen LogP contribution >= 0.6 is 0 Å². The van der Waals surface area contributed by atoms with E-state index in [4.69, 9.17) is 4.74 Å². The minimum Gasteiger partial charge on any atom is -0.444 e. The lowest BCUT2D eigenvalue weighted by Gasteiger charge is -2.39. The lowest BCUT2D eigenvalue weighted by molar-refractivity contribution is -0.0500. The van der Waals surface area contributed by atoms with Crippen molar-refractivity contribution in [2.75, 3.05) is 13.1 Å². The number of ether oxygens (including phenoxy) is 2. The second-order valence-corrected chi connectivity index (χ2v) is 10.5. The third-order valence-electron chi connectivity index (χ3n) is 5.11. The summed E-state index contributed by atoms with van der Waals surface area (Å²) in [5.74, 6) is -0.185. The second-order valence-electron chi connectivity index (χ2n) is 8.73. The second kappa shape index (κ2) is 8.29. The summed E-state index contributed by atoms with van der Waals surface area (Å²) in [6.07, 6.45) is 2.58. The van der Waals surface area contributed by atoms with Crippen LogP contribution in [0.1, 0.15) is 32.3 Å². The van der Waals surface area contributed by atoms with E-state index in [0.717, 1.165) is 15.6 Å². The van der Waals surface area contributed by atoms with Gasteiger partial charge < -0.3 is 14.4 Å². The van der Waals surface area contributed by atoms with Crippen LogP contribution in [0.4, 0.5) is 13.6 Å². The van der Waals surface area contributed by atoms with E-state index in [1.165, 1.54) is 24.4 Å². The molecule has 0 saturated carbocycles. The molecule has 8 nitrogen and oxygen atoms in total. The molecule has 1 saturated heterocycles. The van der Waals surface area contributed by atoms with Crippen LogP contribution in [0, 0.1) is 0 Å². The molecule has 1 aliphatic heterocycles. The zero-order valence-corrected chi connectivity index (χ0v) is 19.1. The van der Waals surface area contributed by atoms with Crippen molar-refractivity contribution in [2.45, 2.75) is 43.8 Å². The Morgan fingerprint density at radius 1 is 1.18 bits per heavy atom. The Bertz CT molecular complexity index is 1290. The van der Waals surface area contributed by atoms with Crippen LogP contribution in [-0.4, -0.2) is 53.7 Å². The van der Waals surface area contributed by atoms with Gasteiger partial charge in [0.2, 0.25) is 0 Å². The number of hydrogen-bond donors (Lipinski definition) is 0. The molecule has 0 radical (unpaired) electrons. The van der Waals surface area contributed by atoms with Crippen molar-refractivity contribution >= 4 is 27.1 Å². The van der Waals surface area contributed by atoms with Crippen LogP contribution in [0.3, 0.4) is 0 Å². The Balaban J connectivity index is 1.54. The average molecular weight is 480 g/mol. The molecule has 0 aliphatic carbocycles. The van der Waals surface area contributed by atoms with Gasteiger partial charge in [-0.1, -0.05) is 6.07 Å². The van der Waals surface area contributed by atoms with Crippen molar-refractivity contribution < 1.29 is 31.5 Å². The minimum atomic E-state index is -4.08. The molecular weight excluding hydrogens is 456 g/mol. The van der Waals surface area contributed by atoms with Crippen LogP contribution in [-0.2, 0) is 14.8 Å². The number of halogens is 2. The molecule has 0 spiro atoms. The summed E-state index contributed by atoms with van der Waals surface area (Å²) in [4.78, 5) is 17.9. The highest BCUT2D eigenvalue weighted by Gasteiger charge is 2.35. The number of aromatic nitrogens is 2. The lowest BCUT2D eigenvalue weighted by Crippen LogP contribution is -2.50. The molecule has 0 bridgehead atoms. The fraction of sp³-hybridized carbons (Fsp3) is 0.364. The first-order valence-electron chi connectivity index (χ1n) is 10.2. The topological polar surface area (TPSA) is 90.7 Å². The first-order chi connectivity index (χ1) is 15.4. The summed E-state index contributed by atoms with van der Waals surface area (Å²) >= 11 is 0. The van der Waals surface area contributed by atoms with E-state index in [1.54, 1.807) is 37.9 Å². The molecule has 0 N–H and O–H groups in total. The van der Waals surface area contributed by atoms with E-state index in [0.29, 0.717) is 18.5 Å². The number of fused-ring (bicyclic) bond motifs is 1. The highest BCUT2D eigenvalue weighted by molar-refractivity contribution is 7.90. The van der Waals surface area contributed by atoms with E-state index in [1.807, 2.05) is 6.07 Å². The largest absolute Gasteiger partial charge is 0.444 e. The van der Waals surface area contributed by atoms with Gasteiger partial charge in [-0.15, -0.1) is 0 Å². The molecular formula is C22H23F2N3O5S. The molecule has 1 aromatic carbocycles. The predicted octanol–water partition coefficient (Wildman–Crippen LogP) is 4.21. The molecule has 3 aromatic rings. The van der Waals surface area contributed by atoms with E-state index >= 15 is 0 Å². The van der Waals surface area contributed by atoms with E-state index < -0.39 is 22.2 Å². The van der Waals surface area contributed by atoms with Crippen LogP contribution in [0.15, 0.2) is 53.7 Å². The molecule has 1 fully saturated rings. The zero-order valence-electron chi connectivity index (χ0n) is 18.2. The summed E-state index contributed by atoms with van der Waals surface area (Å²) < 4.78 is 61.8. The van der Waals surface area contributed by atoms with E-state index in [-0.39, 0.29) is 28.3 Å². The van der Waals surface area contributed by atoms with Gasteiger partial charge in [-0.3, -0.25) is 0 Å². The highest BCUT2D eigenvalue weighted by atomic mass is 32.2. The fourth-order valence-electron chi connectivity index (χ4n) is 3.52. The van der Waals surface area contributed by atoms with Crippen molar-refractivity contribution in [3.8, 4) is 5.75 Å². The van der Waals surface area contributed by atoms with Gasteiger partial charge in [-0.25, -0.2) is 22.2 Å². The summed E-state index contributed by atoms with van der Waals surface area (Å²) in [7, 11) is -4.08. The fourth-order valence-corrected chi connectivity index (χ4v) is 4.87. The summed E-state index contributed by atoms with van der Waals surface area (Å²) in [6.45, 7) is 3.33. The number of hydrogen-bond acceptors (Lipinski definition) is 6. The summed E-state index contributed by atoms with van der Waals surface area (Å²) in [5.41, 5.74) is 0.523. The number of likely N-dealkylation sites (tertiary alicyclic amines) is 1. The van der Waals surface area contributed by atoms with E-state index in [2.05, 4.69) is 9.72 Å². The molecule has 1 aliphatic rings. The van der Waals surface area contributed by atoms with Gasteiger partial charge in [-0.2, -0.15) is 8.78 Å². The third-order valence-corrected chi connectivity index (χ3v) is 6.77. The van der Waals surface area contributed by atoms with Crippen LogP contribution in [0.5, 0.6) is 5.75 Å². The molecule has 1 amide bonds. The number of pyridine rings is 1. The first-order valence-corrected chi connectivity index (χ1v) is 11.6. The molecule has 11 heteroatoms. The normalized spacial score (nSPS) is 15.0. The van der Waals surface area contributed by atoms with Gasteiger partial charge in [0.15, 0.2) is 5.65 Å². The Morgan fingerprint density at radius 3 is 2.58 bits per heavy atom. The number of carbonyl (C=O) groups is 1. The standard InChI is InChI=1S/C22H23F2N3O5S/c1-22(2,3)32-21(28)26-12-16(13-26)15-9-14-7-8-27(19(14)25-11-15)33(29,30)18-6-4-5-17(10-18)31-20(23)24/h4-11,16,20H,12-13H2,1-3H3. The van der Waals surface area contributed by atoms with Crippen molar-refractivity contribution in [1.29, 1.82) is 0 Å². The predicted molar refractivity (Wildman–Crippen MR) is 116 cm³/mol. The lowest BCUT2D eigenvalue weighted by atomic mass is 9.93. The number of rotatable bonds is 5. The number of carbonyl (C=O) groups excluding carboxylic acids is 1. The molecule has 0 unspecified atom stereocenters. The molecule has 176 valence electrons. The van der Waals surface area contributed by atoms with Gasteiger partial charge in [0.25, 0.3) is 10.0 Å². The van der Waals surface area contributed by atoms with Crippen LogP contribution < -0.4 is 4.74 Å². The number of nitrogens with zero attached hydrogens (tertiary/aromatic N) is 3. The quantitative estimate of drug-likeness (QED) is 0.545. The minimum absolute atomic E-state index is 0.0672. The monoisotopic (exact) mass is 479 g/mol. The molecule has 4 rings (SSSR count). The van der Waals surface area contributed by atoms with Crippen LogP contribution in [0.25, 0.3) is 11.0 Å². The third kappa shape index (κ3) is 4.77. The smallest absolute Gasteiger partial charge is 0.410 e. The Labute approximate surface area is 189 Å². The number of amides is 1. The Hall–Kier alpha value is -3.21. The van der Waals surface area contributed by atoms with Crippen molar-refractivity contribution in [1.82, 2.24) is 13.9 Å². The SMILES string of the molecule is CC(C)(C)OC(=O)N1CC(c2cnc3c(ccn3S(=O)(=O)c3cccc(OC(F)F)c3)c2)C1. The van der Waals surface area contributed by atoms with Gasteiger partial charge >= 0.3 is 12.7 Å². The Kier molecular flexibility index (Phi) is 5.77. The van der Waals surface area contributed by atoms with Crippen molar-refractivity contribution in [2.24, 2.45) is 0 Å². The number of benzene rings is 1. The zero-order chi connectivity index (χ0) is 24.0. The van der Waals surface area contributed by atoms with Gasteiger partial charge in [0.05, 0.1) is 4.90 Å². The maximum absolute atomic E-state index is 13.1. The van der Waals surface area contributed by atoms with Crippen molar-refractivity contribution in [3.05, 3.63) is 54.4 Å². The maximum atomic E-state index is 13.1. The van der Waals surface area contributed by atoms with Crippen molar-refractivity contribution in [3.63, 3.8) is 0 Å². The summed E-state index contributed by atoms with van der Waals surface area (Å²) in [6, 6.07) is 8.38. The highest BCUT2D eigenvalue weighted by Crippen LogP contribution is 2.31. The van der Waals surface area contributed by atoms with Crippen LogP contribution in [0.2, 0.25) is 0 Å². The summed E-state index contributed by atoms with van der Waals surface area (Å²) in [5, 5.41) is 0.603. The molecule has 3 heterocycles. The van der Waals surface area contributed by atoms with Gasteiger partial charge in [0, 0.05) is 42.9 Å². The first kappa shape index (κ1) is 23.0. The Morgan fingerprint density at radius 2 is 1.91 bits per heavy atom. The average Bonchev–Trinajstić information content (AvgIpc) is 3.09.